The van der Waals surface area contributed by atoms with Gasteiger partial charge in [-0.1, -0.05) is 30.3 Å². The van der Waals surface area contributed by atoms with E-state index >= 15 is 0 Å². The second-order valence-electron chi connectivity index (χ2n) is 5.80. The Kier molecular flexibility index (Phi) is 3.97. The SMILES string of the molecule is CCOC(=O)[C@@H]1C2C[C@@H](O)C(C2O)N1Cc1ccccc1. The Morgan fingerprint density at radius 2 is 2.05 bits per heavy atom. The average Bonchev–Trinajstić information content (AvgIpc) is 2.89. The summed E-state index contributed by atoms with van der Waals surface area (Å²) in [6.45, 7) is 2.63. The van der Waals surface area contributed by atoms with Gasteiger partial charge in [0.05, 0.1) is 24.9 Å². The predicted octanol–water partition coefficient (Wildman–Crippen LogP) is 0.544. The first-order valence-electron chi connectivity index (χ1n) is 7.46. The maximum absolute atomic E-state index is 12.2. The highest BCUT2D eigenvalue weighted by Gasteiger charge is 2.59. The van der Waals surface area contributed by atoms with Crippen LogP contribution in [0.25, 0.3) is 0 Å². The van der Waals surface area contributed by atoms with Crippen LogP contribution in [-0.4, -0.2) is 52.0 Å². The molecule has 1 saturated carbocycles. The summed E-state index contributed by atoms with van der Waals surface area (Å²) in [5.74, 6) is -0.542. The lowest BCUT2D eigenvalue weighted by Crippen LogP contribution is -2.51. The third-order valence-corrected chi connectivity index (χ3v) is 4.58. The van der Waals surface area contributed by atoms with Gasteiger partial charge in [0.2, 0.25) is 0 Å². The number of esters is 1. The summed E-state index contributed by atoms with van der Waals surface area (Å²) in [6, 6.07) is 8.93. The minimum atomic E-state index is -0.668. The number of likely N-dealkylation sites (tertiary alicyclic amines) is 1. The van der Waals surface area contributed by atoms with Crippen LogP contribution in [0.5, 0.6) is 0 Å². The van der Waals surface area contributed by atoms with Gasteiger partial charge in [0, 0.05) is 12.5 Å². The largest absolute Gasteiger partial charge is 0.465 e. The summed E-state index contributed by atoms with van der Waals surface area (Å²) in [5, 5.41) is 20.4. The Morgan fingerprint density at radius 3 is 2.71 bits per heavy atom. The average molecular weight is 291 g/mol. The number of hydrogen-bond donors (Lipinski definition) is 2. The molecule has 1 saturated heterocycles. The number of aliphatic hydroxyl groups excluding tert-OH is 2. The van der Waals surface area contributed by atoms with Crippen LogP contribution in [0.4, 0.5) is 0 Å². The molecule has 5 atom stereocenters. The second kappa shape index (κ2) is 5.75. The fourth-order valence-electron chi connectivity index (χ4n) is 3.74. The van der Waals surface area contributed by atoms with E-state index in [4.69, 9.17) is 4.74 Å². The quantitative estimate of drug-likeness (QED) is 0.793. The van der Waals surface area contributed by atoms with E-state index in [1.165, 1.54) is 0 Å². The zero-order valence-electron chi connectivity index (χ0n) is 12.1. The van der Waals surface area contributed by atoms with E-state index < -0.39 is 18.2 Å². The smallest absolute Gasteiger partial charge is 0.323 e. The van der Waals surface area contributed by atoms with E-state index in [-0.39, 0.29) is 17.9 Å². The van der Waals surface area contributed by atoms with Crippen molar-refractivity contribution < 1.29 is 19.7 Å². The number of hydrogen-bond acceptors (Lipinski definition) is 5. The van der Waals surface area contributed by atoms with Crippen LogP contribution in [-0.2, 0) is 16.1 Å². The highest BCUT2D eigenvalue weighted by molar-refractivity contribution is 5.77. The van der Waals surface area contributed by atoms with Gasteiger partial charge < -0.3 is 14.9 Å². The van der Waals surface area contributed by atoms with E-state index in [2.05, 4.69) is 0 Å². The number of rotatable bonds is 4. The third kappa shape index (κ3) is 2.46. The summed E-state index contributed by atoms with van der Waals surface area (Å²) in [5.41, 5.74) is 1.05. The molecule has 0 radical (unpaired) electrons. The van der Waals surface area contributed by atoms with Crippen LogP contribution >= 0.6 is 0 Å². The summed E-state index contributed by atoms with van der Waals surface area (Å²) in [4.78, 5) is 14.1. The summed E-state index contributed by atoms with van der Waals surface area (Å²) in [6.07, 6.45) is -0.793. The zero-order chi connectivity index (χ0) is 15.0. The number of ether oxygens (including phenoxy) is 1. The molecule has 2 fully saturated rings. The van der Waals surface area contributed by atoms with Crippen molar-refractivity contribution in [3.8, 4) is 0 Å². The van der Waals surface area contributed by atoms with Crippen molar-refractivity contribution in [1.29, 1.82) is 0 Å². The fourth-order valence-corrected chi connectivity index (χ4v) is 3.74. The van der Waals surface area contributed by atoms with Crippen molar-refractivity contribution in [3.05, 3.63) is 35.9 Å². The molecule has 1 aliphatic heterocycles. The lowest BCUT2D eigenvalue weighted by atomic mass is 9.96. The van der Waals surface area contributed by atoms with Crippen LogP contribution in [0.3, 0.4) is 0 Å². The Morgan fingerprint density at radius 1 is 1.33 bits per heavy atom. The van der Waals surface area contributed by atoms with E-state index in [0.717, 1.165) is 5.56 Å². The van der Waals surface area contributed by atoms with Crippen molar-refractivity contribution >= 4 is 5.97 Å². The van der Waals surface area contributed by atoms with Crippen LogP contribution in [0, 0.1) is 5.92 Å². The van der Waals surface area contributed by atoms with Crippen LogP contribution in [0.2, 0.25) is 0 Å². The van der Waals surface area contributed by atoms with Gasteiger partial charge in [-0.3, -0.25) is 9.69 Å². The monoisotopic (exact) mass is 291 g/mol. The number of nitrogens with zero attached hydrogens (tertiary/aromatic N) is 1. The second-order valence-corrected chi connectivity index (χ2v) is 5.80. The molecule has 3 unspecified atom stereocenters. The molecule has 3 rings (SSSR count). The van der Waals surface area contributed by atoms with Gasteiger partial charge in [-0.25, -0.2) is 0 Å². The Balaban J connectivity index is 1.85. The van der Waals surface area contributed by atoms with Gasteiger partial charge in [0.25, 0.3) is 0 Å². The number of carbonyl (C=O) groups excluding carboxylic acids is 1. The van der Waals surface area contributed by atoms with Crippen molar-refractivity contribution in [2.45, 2.75) is 44.2 Å². The third-order valence-electron chi connectivity index (χ3n) is 4.58. The van der Waals surface area contributed by atoms with Crippen LogP contribution in [0.15, 0.2) is 30.3 Å². The predicted molar refractivity (Wildman–Crippen MR) is 76.3 cm³/mol. The molecule has 1 aliphatic carbocycles. The van der Waals surface area contributed by atoms with E-state index in [1.807, 2.05) is 35.2 Å². The lowest BCUT2D eigenvalue weighted by molar-refractivity contribution is -0.153. The number of aliphatic hydroxyl groups is 2. The lowest BCUT2D eigenvalue weighted by Gasteiger charge is -2.35. The number of carbonyl (C=O) groups is 1. The number of benzene rings is 1. The van der Waals surface area contributed by atoms with Crippen LogP contribution < -0.4 is 0 Å². The molecular weight excluding hydrogens is 270 g/mol. The standard InChI is InChI=1S/C16H21NO4/c1-2-21-16(20)13-11-8-12(18)14(15(11)19)17(13)9-10-6-4-3-5-7-10/h3-7,11-15,18-19H,2,8-9H2,1H3/t11?,12-,13+,14?,15?/m1/s1. The molecular formula is C16H21NO4. The zero-order valence-corrected chi connectivity index (χ0v) is 12.1. The summed E-state index contributed by atoms with van der Waals surface area (Å²) in [7, 11) is 0. The van der Waals surface area contributed by atoms with Crippen molar-refractivity contribution in [2.75, 3.05) is 6.61 Å². The molecule has 0 aromatic heterocycles. The number of piperidine rings is 1. The topological polar surface area (TPSA) is 70.0 Å². The normalized spacial score (nSPS) is 35.1. The van der Waals surface area contributed by atoms with Gasteiger partial charge in [0.1, 0.15) is 6.04 Å². The molecule has 114 valence electrons. The molecule has 21 heavy (non-hydrogen) atoms. The maximum Gasteiger partial charge on any atom is 0.323 e. The van der Waals surface area contributed by atoms with Crippen LogP contribution in [0.1, 0.15) is 18.9 Å². The molecule has 5 nitrogen and oxygen atoms in total. The minimum Gasteiger partial charge on any atom is -0.465 e. The summed E-state index contributed by atoms with van der Waals surface area (Å²) < 4.78 is 5.16. The van der Waals surface area contributed by atoms with Gasteiger partial charge in [-0.05, 0) is 18.9 Å². The van der Waals surface area contributed by atoms with E-state index in [0.29, 0.717) is 19.6 Å². The van der Waals surface area contributed by atoms with Crippen molar-refractivity contribution in [3.63, 3.8) is 0 Å². The Labute approximate surface area is 124 Å². The minimum absolute atomic E-state index is 0.243. The number of fused-ring (bicyclic) bond motifs is 2. The fraction of sp³-hybridized carbons (Fsp3) is 0.562. The molecule has 0 amide bonds. The van der Waals surface area contributed by atoms with Gasteiger partial charge in [-0.15, -0.1) is 0 Å². The Hall–Kier alpha value is -1.43. The highest BCUT2D eigenvalue weighted by atomic mass is 16.5. The molecule has 2 aliphatic rings. The van der Waals surface area contributed by atoms with Gasteiger partial charge >= 0.3 is 5.97 Å². The van der Waals surface area contributed by atoms with Crippen molar-refractivity contribution in [1.82, 2.24) is 4.90 Å². The first-order chi connectivity index (χ1) is 10.1. The molecule has 5 heteroatoms. The maximum atomic E-state index is 12.2. The highest BCUT2D eigenvalue weighted by Crippen LogP contribution is 2.44. The Bertz CT molecular complexity index is 506. The van der Waals surface area contributed by atoms with Gasteiger partial charge in [-0.2, -0.15) is 0 Å². The van der Waals surface area contributed by atoms with Crippen molar-refractivity contribution in [2.24, 2.45) is 5.92 Å². The first-order valence-corrected chi connectivity index (χ1v) is 7.46. The summed E-state index contributed by atoms with van der Waals surface area (Å²) >= 11 is 0. The molecule has 0 spiro atoms. The van der Waals surface area contributed by atoms with E-state index in [9.17, 15) is 15.0 Å². The van der Waals surface area contributed by atoms with Gasteiger partial charge in [0.15, 0.2) is 0 Å². The first kappa shape index (κ1) is 14.5. The molecule has 1 aromatic rings. The molecule has 1 aromatic carbocycles. The molecule has 2 bridgehead atoms. The molecule has 2 N–H and O–H groups in total. The van der Waals surface area contributed by atoms with E-state index in [1.54, 1.807) is 6.92 Å². The molecule has 1 heterocycles.